The van der Waals surface area contributed by atoms with Gasteiger partial charge in [0.2, 0.25) is 0 Å². The van der Waals surface area contributed by atoms with E-state index in [1.807, 2.05) is 31.2 Å². The second-order valence-corrected chi connectivity index (χ2v) is 6.72. The number of hydrogen-bond donors (Lipinski definition) is 1. The highest BCUT2D eigenvalue weighted by Gasteiger charge is 2.40. The Balaban J connectivity index is 1.55. The molecule has 3 fully saturated rings. The van der Waals surface area contributed by atoms with Crippen molar-refractivity contribution in [3.8, 4) is 0 Å². The van der Waals surface area contributed by atoms with Crippen LogP contribution in [0, 0.1) is 12.8 Å². The third-order valence-electron chi connectivity index (χ3n) is 5.38. The fourth-order valence-corrected chi connectivity index (χ4v) is 4.10. The number of fused-ring (bicyclic) bond motifs is 4. The topological polar surface area (TPSA) is 45.5 Å². The fourth-order valence-electron chi connectivity index (χ4n) is 4.10. The Hall–Kier alpha value is -1.81. The molecule has 2 bridgehead atoms. The summed E-state index contributed by atoms with van der Waals surface area (Å²) in [4.78, 5) is 15.1. The normalized spacial score (nSPS) is 30.6. The number of hydrogen-bond acceptors (Lipinski definition) is 3. The molecule has 2 atom stereocenters. The van der Waals surface area contributed by atoms with Crippen LogP contribution in [-0.2, 0) is 0 Å². The van der Waals surface area contributed by atoms with Crippen LogP contribution in [0.25, 0.3) is 11.0 Å². The van der Waals surface area contributed by atoms with Crippen LogP contribution in [0.3, 0.4) is 0 Å². The van der Waals surface area contributed by atoms with E-state index in [4.69, 9.17) is 4.42 Å². The second-order valence-electron chi connectivity index (χ2n) is 6.72. The van der Waals surface area contributed by atoms with E-state index in [0.29, 0.717) is 12.0 Å². The molecule has 5 rings (SSSR count). The number of nitrogens with zero attached hydrogens (tertiary/aromatic N) is 1. The zero-order valence-corrected chi connectivity index (χ0v) is 13.1. The molecule has 1 aromatic carbocycles. The van der Waals surface area contributed by atoms with E-state index < -0.39 is 0 Å². The van der Waals surface area contributed by atoms with Gasteiger partial charge >= 0.3 is 0 Å². The molecule has 4 heteroatoms. The van der Waals surface area contributed by atoms with Crippen LogP contribution in [0.15, 0.2) is 28.7 Å². The summed E-state index contributed by atoms with van der Waals surface area (Å²) < 4.78 is 5.57. The van der Waals surface area contributed by atoms with Gasteiger partial charge in [0.15, 0.2) is 0 Å². The molecule has 3 aliphatic heterocycles. The molecule has 1 amide bonds. The summed E-state index contributed by atoms with van der Waals surface area (Å²) in [6.07, 6.45) is 2.41. The van der Waals surface area contributed by atoms with Crippen LogP contribution < -0.4 is 5.32 Å². The maximum absolute atomic E-state index is 12.6. The van der Waals surface area contributed by atoms with E-state index in [9.17, 15) is 4.79 Å². The fraction of sp³-hybridized carbons (Fsp3) is 0.500. The SMILES string of the molecule is Cc1cc2cc([13C](=O)N[C@@H]3C4CCN(CC4)[C@H]3C)ccc2o1. The Morgan fingerprint density at radius 1 is 1.27 bits per heavy atom. The van der Waals surface area contributed by atoms with Gasteiger partial charge in [-0.15, -0.1) is 0 Å². The first kappa shape index (κ1) is 13.8. The number of amides is 1. The zero-order valence-electron chi connectivity index (χ0n) is 13.1. The molecule has 2 aromatic rings. The first-order valence-electron chi connectivity index (χ1n) is 8.17. The third kappa shape index (κ3) is 2.22. The Labute approximate surface area is 130 Å². The molecule has 0 spiro atoms. The summed E-state index contributed by atoms with van der Waals surface area (Å²) in [5.41, 5.74) is 1.56. The van der Waals surface area contributed by atoms with Crippen molar-refractivity contribution in [2.45, 2.75) is 38.8 Å². The van der Waals surface area contributed by atoms with Crippen molar-refractivity contribution in [2.24, 2.45) is 5.92 Å². The lowest BCUT2D eigenvalue weighted by Crippen LogP contribution is -2.62. The Morgan fingerprint density at radius 2 is 2.05 bits per heavy atom. The average Bonchev–Trinajstić information content (AvgIpc) is 2.90. The molecule has 3 saturated heterocycles. The molecule has 0 radical (unpaired) electrons. The molecule has 0 unspecified atom stereocenters. The average molecular weight is 299 g/mol. The third-order valence-corrected chi connectivity index (χ3v) is 5.38. The number of carbonyl (C=O) groups excluding carboxylic acids is 1. The summed E-state index contributed by atoms with van der Waals surface area (Å²) in [5, 5.41) is 4.27. The summed E-state index contributed by atoms with van der Waals surface area (Å²) in [6.45, 7) is 6.52. The molecule has 22 heavy (non-hydrogen) atoms. The van der Waals surface area contributed by atoms with Crippen molar-refractivity contribution >= 4 is 16.9 Å². The van der Waals surface area contributed by atoms with Gasteiger partial charge in [0.25, 0.3) is 5.91 Å². The molecule has 0 saturated carbocycles. The van der Waals surface area contributed by atoms with E-state index in [1.54, 1.807) is 0 Å². The van der Waals surface area contributed by atoms with Gasteiger partial charge in [-0.25, -0.2) is 0 Å². The van der Waals surface area contributed by atoms with Gasteiger partial charge in [0.1, 0.15) is 11.3 Å². The lowest BCUT2D eigenvalue weighted by Gasteiger charge is -2.49. The molecule has 1 aromatic heterocycles. The number of carbonyl (C=O) groups is 1. The van der Waals surface area contributed by atoms with Crippen LogP contribution in [0.1, 0.15) is 35.9 Å². The number of aryl methyl sites for hydroxylation is 1. The summed E-state index contributed by atoms with van der Waals surface area (Å²) in [7, 11) is 0. The van der Waals surface area contributed by atoms with Crippen molar-refractivity contribution < 1.29 is 9.21 Å². The Bertz CT molecular complexity index is 711. The quantitative estimate of drug-likeness (QED) is 0.867. The van der Waals surface area contributed by atoms with Crippen LogP contribution in [0.4, 0.5) is 0 Å². The lowest BCUT2D eigenvalue weighted by molar-refractivity contribution is 0.0217. The van der Waals surface area contributed by atoms with Crippen molar-refractivity contribution in [3.05, 3.63) is 35.6 Å². The number of rotatable bonds is 2. The molecule has 116 valence electrons. The summed E-state index contributed by atoms with van der Waals surface area (Å²) in [5.74, 6) is 1.54. The van der Waals surface area contributed by atoms with Gasteiger partial charge in [-0.1, -0.05) is 0 Å². The van der Waals surface area contributed by atoms with E-state index in [0.717, 1.165) is 22.3 Å². The van der Waals surface area contributed by atoms with Gasteiger partial charge in [-0.05, 0) is 70.0 Å². The van der Waals surface area contributed by atoms with Gasteiger partial charge in [0.05, 0.1) is 0 Å². The molecular formula is C18H22N2O2. The van der Waals surface area contributed by atoms with Crippen LogP contribution in [0.5, 0.6) is 0 Å². The number of nitrogens with one attached hydrogen (secondary N) is 1. The lowest BCUT2D eigenvalue weighted by atomic mass is 9.79. The number of furan rings is 1. The minimum absolute atomic E-state index is 0.0337. The summed E-state index contributed by atoms with van der Waals surface area (Å²) in [6, 6.07) is 8.35. The largest absolute Gasteiger partial charge is 0.461 e. The van der Waals surface area contributed by atoms with Crippen LogP contribution in [-0.4, -0.2) is 36.0 Å². The highest BCUT2D eigenvalue weighted by molar-refractivity contribution is 5.98. The van der Waals surface area contributed by atoms with E-state index in [-0.39, 0.29) is 11.9 Å². The van der Waals surface area contributed by atoms with Crippen LogP contribution in [0.2, 0.25) is 0 Å². The minimum Gasteiger partial charge on any atom is -0.461 e. The Morgan fingerprint density at radius 3 is 2.77 bits per heavy atom. The highest BCUT2D eigenvalue weighted by Crippen LogP contribution is 2.32. The van der Waals surface area contributed by atoms with Crippen molar-refractivity contribution in [1.82, 2.24) is 10.2 Å². The second kappa shape index (κ2) is 5.13. The molecule has 0 aliphatic carbocycles. The molecular weight excluding hydrogens is 277 g/mol. The Kier molecular flexibility index (Phi) is 3.22. The van der Waals surface area contributed by atoms with Crippen molar-refractivity contribution in [2.75, 3.05) is 13.1 Å². The molecule has 4 nitrogen and oxygen atoms in total. The van der Waals surface area contributed by atoms with E-state index in [1.165, 1.54) is 25.9 Å². The monoisotopic (exact) mass is 299 g/mol. The van der Waals surface area contributed by atoms with E-state index in [2.05, 4.69) is 17.1 Å². The molecule has 4 heterocycles. The molecule has 1 N–H and O–H groups in total. The predicted molar refractivity (Wildman–Crippen MR) is 86.0 cm³/mol. The number of benzene rings is 1. The van der Waals surface area contributed by atoms with Crippen molar-refractivity contribution in [3.63, 3.8) is 0 Å². The minimum atomic E-state index is 0.0337. The standard InChI is InChI=1S/C18H22N2O2/c1-11-9-15-10-14(3-4-16(15)22-11)18(21)19-17-12(2)20-7-5-13(17)6-8-20/h3-4,9-10,12-13,17H,5-8H2,1-2H3,(H,19,21)/t12-,17-/m0/s1/i18+1. The van der Waals surface area contributed by atoms with E-state index >= 15 is 0 Å². The first-order chi connectivity index (χ1) is 10.6. The first-order valence-corrected chi connectivity index (χ1v) is 8.17. The highest BCUT2D eigenvalue weighted by atomic mass is 16.3. The predicted octanol–water partition coefficient (Wildman–Crippen LogP) is 2.95. The zero-order chi connectivity index (χ0) is 15.3. The summed E-state index contributed by atoms with van der Waals surface area (Å²) >= 11 is 0. The van der Waals surface area contributed by atoms with Crippen LogP contribution >= 0.6 is 0 Å². The number of piperidine rings is 3. The smallest absolute Gasteiger partial charge is 0.251 e. The van der Waals surface area contributed by atoms with Gasteiger partial charge in [-0.2, -0.15) is 0 Å². The maximum atomic E-state index is 12.6. The molecule has 3 aliphatic rings. The van der Waals surface area contributed by atoms with Gasteiger partial charge in [0, 0.05) is 23.0 Å². The maximum Gasteiger partial charge on any atom is 0.251 e. The van der Waals surface area contributed by atoms with Gasteiger partial charge < -0.3 is 9.73 Å². The van der Waals surface area contributed by atoms with Crippen molar-refractivity contribution in [1.29, 1.82) is 0 Å². The van der Waals surface area contributed by atoms with Gasteiger partial charge in [-0.3, -0.25) is 9.69 Å².